The van der Waals surface area contributed by atoms with Gasteiger partial charge in [-0.25, -0.2) is 4.98 Å². The third-order valence-corrected chi connectivity index (χ3v) is 6.46. The van der Waals surface area contributed by atoms with Gasteiger partial charge in [-0.2, -0.15) is 15.0 Å². The van der Waals surface area contributed by atoms with Gasteiger partial charge in [-0.1, -0.05) is 12.1 Å². The van der Waals surface area contributed by atoms with Crippen molar-refractivity contribution in [3.8, 4) is 5.69 Å². The Balaban J connectivity index is 1.43. The maximum absolute atomic E-state index is 13.6. The summed E-state index contributed by atoms with van der Waals surface area (Å²) in [5.41, 5.74) is 0.821. The molecule has 3 heterocycles. The van der Waals surface area contributed by atoms with Crippen LogP contribution in [0, 0.1) is 0 Å². The molecule has 0 unspecified atom stereocenters. The number of carbonyl (C=O) groups is 1. The molecule has 8 nitrogen and oxygen atoms in total. The number of hydrogen-bond donors (Lipinski definition) is 1. The van der Waals surface area contributed by atoms with Crippen molar-refractivity contribution in [2.24, 2.45) is 0 Å². The van der Waals surface area contributed by atoms with Crippen LogP contribution in [0.5, 0.6) is 0 Å². The van der Waals surface area contributed by atoms with E-state index in [9.17, 15) is 9.90 Å². The highest BCUT2D eigenvalue weighted by molar-refractivity contribution is 5.98. The van der Waals surface area contributed by atoms with E-state index >= 15 is 0 Å². The van der Waals surface area contributed by atoms with E-state index in [0.717, 1.165) is 31.4 Å². The van der Waals surface area contributed by atoms with E-state index in [1.807, 2.05) is 29.2 Å². The molecule has 168 valence electrons. The Morgan fingerprint density at radius 2 is 1.78 bits per heavy atom. The molecule has 1 amide bonds. The number of hydrogen-bond acceptors (Lipinski definition) is 6. The van der Waals surface area contributed by atoms with E-state index in [1.165, 1.54) is 4.80 Å². The van der Waals surface area contributed by atoms with Gasteiger partial charge in [-0.05, 0) is 58.6 Å². The van der Waals surface area contributed by atoms with Crippen LogP contribution >= 0.6 is 0 Å². The lowest BCUT2D eigenvalue weighted by Gasteiger charge is -2.37. The molecule has 5 rings (SSSR count). The number of likely N-dealkylation sites (tertiary alicyclic amines) is 1. The lowest BCUT2D eigenvalue weighted by Crippen LogP contribution is -2.45. The summed E-state index contributed by atoms with van der Waals surface area (Å²) in [4.78, 5) is 21.7. The van der Waals surface area contributed by atoms with E-state index in [1.54, 1.807) is 26.2 Å². The molecule has 1 aliphatic carbocycles. The van der Waals surface area contributed by atoms with E-state index in [0.29, 0.717) is 35.3 Å². The van der Waals surface area contributed by atoms with Crippen LogP contribution < -0.4 is 0 Å². The van der Waals surface area contributed by atoms with Gasteiger partial charge in [0.2, 0.25) is 0 Å². The fourth-order valence-corrected chi connectivity index (χ4v) is 4.50. The first-order valence-corrected chi connectivity index (χ1v) is 11.3. The highest BCUT2D eigenvalue weighted by Gasteiger charge is 2.39. The second-order valence-electron chi connectivity index (χ2n) is 9.51. The summed E-state index contributed by atoms with van der Waals surface area (Å²) in [5.74, 6) is 1.76. The molecule has 0 spiro atoms. The molecular formula is C24H29N5O3. The van der Waals surface area contributed by atoms with Crippen molar-refractivity contribution in [2.75, 3.05) is 6.54 Å². The lowest BCUT2D eigenvalue weighted by atomic mass is 9.92. The average Bonchev–Trinajstić information content (AvgIpc) is 3.27. The number of para-hydroxylation sites is 1. The van der Waals surface area contributed by atoms with Gasteiger partial charge in [0.15, 0.2) is 5.89 Å². The monoisotopic (exact) mass is 435 g/mol. The third kappa shape index (κ3) is 3.83. The Morgan fingerprint density at radius 3 is 2.47 bits per heavy atom. The number of aliphatic hydroxyl groups is 1. The predicted octanol–water partition coefficient (Wildman–Crippen LogP) is 3.77. The zero-order chi connectivity index (χ0) is 22.5. The normalized spacial score (nSPS) is 21.7. The van der Waals surface area contributed by atoms with Crippen molar-refractivity contribution < 1.29 is 14.3 Å². The van der Waals surface area contributed by atoms with Crippen LogP contribution in [0.15, 0.2) is 41.1 Å². The number of nitrogens with zero attached hydrogens (tertiary/aromatic N) is 5. The van der Waals surface area contributed by atoms with Gasteiger partial charge in [0.05, 0.1) is 29.6 Å². The average molecular weight is 436 g/mol. The Kier molecular flexibility index (Phi) is 5.12. The number of amides is 1. The van der Waals surface area contributed by atoms with E-state index in [-0.39, 0.29) is 17.9 Å². The number of piperidine rings is 1. The Morgan fingerprint density at radius 1 is 1.09 bits per heavy atom. The summed E-state index contributed by atoms with van der Waals surface area (Å²) in [6.45, 7) is 6.10. The first kappa shape index (κ1) is 20.9. The second kappa shape index (κ2) is 7.85. The minimum Gasteiger partial charge on any atom is -0.445 e. The molecule has 2 aromatic heterocycles. The number of oxazole rings is 1. The van der Waals surface area contributed by atoms with Crippen LogP contribution in [0.1, 0.15) is 86.0 Å². The minimum atomic E-state index is -1.05. The SMILES string of the molecule is C[C@@H]1CC[C@@H](c2nc(C(C)(C)O)c(C3CC3)o2)CN1C(=O)c1ccccc1-n1nccn1. The van der Waals surface area contributed by atoms with Crippen molar-refractivity contribution in [1.29, 1.82) is 0 Å². The summed E-state index contributed by atoms with van der Waals surface area (Å²) < 4.78 is 6.22. The van der Waals surface area contributed by atoms with Crippen LogP contribution in [-0.4, -0.2) is 48.5 Å². The summed E-state index contributed by atoms with van der Waals surface area (Å²) in [5, 5.41) is 19.0. The summed E-state index contributed by atoms with van der Waals surface area (Å²) >= 11 is 0. The first-order chi connectivity index (χ1) is 15.3. The smallest absolute Gasteiger partial charge is 0.256 e. The molecule has 2 fully saturated rings. The highest BCUT2D eigenvalue weighted by atomic mass is 16.4. The fraction of sp³-hybridized carbons (Fsp3) is 0.500. The topological polar surface area (TPSA) is 97.3 Å². The summed E-state index contributed by atoms with van der Waals surface area (Å²) in [6.07, 6.45) is 7.09. The standard InChI is InChI=1S/C24H29N5O3/c1-15-8-9-17(22-27-21(24(2,3)31)20(32-22)16-10-11-16)14-28(15)23(30)18-6-4-5-7-19(18)29-25-12-13-26-29/h4-7,12-13,15-17,31H,8-11,14H2,1-3H3/t15-,17-/m1/s1. The van der Waals surface area contributed by atoms with Crippen molar-refractivity contribution in [3.05, 3.63) is 59.6 Å². The maximum Gasteiger partial charge on any atom is 0.256 e. The number of benzene rings is 1. The molecule has 3 aromatic rings. The van der Waals surface area contributed by atoms with Crippen LogP contribution in [0.25, 0.3) is 5.69 Å². The van der Waals surface area contributed by atoms with Crippen LogP contribution in [0.3, 0.4) is 0 Å². The van der Waals surface area contributed by atoms with Gasteiger partial charge in [-0.15, -0.1) is 0 Å². The minimum absolute atomic E-state index is 0.00117. The van der Waals surface area contributed by atoms with E-state index < -0.39 is 5.60 Å². The van der Waals surface area contributed by atoms with E-state index in [2.05, 4.69) is 17.1 Å². The summed E-state index contributed by atoms with van der Waals surface area (Å²) in [7, 11) is 0. The predicted molar refractivity (Wildman–Crippen MR) is 118 cm³/mol. The van der Waals surface area contributed by atoms with Gasteiger partial charge < -0.3 is 14.4 Å². The number of carbonyl (C=O) groups excluding carboxylic acids is 1. The molecule has 1 N–H and O–H groups in total. The highest BCUT2D eigenvalue weighted by Crippen LogP contribution is 2.45. The molecule has 1 saturated heterocycles. The van der Waals surface area contributed by atoms with Crippen LogP contribution in [0.4, 0.5) is 0 Å². The Labute approximate surface area is 187 Å². The van der Waals surface area contributed by atoms with E-state index in [4.69, 9.17) is 9.40 Å². The largest absolute Gasteiger partial charge is 0.445 e. The molecule has 1 aromatic carbocycles. The summed E-state index contributed by atoms with van der Waals surface area (Å²) in [6, 6.07) is 7.51. The number of aromatic nitrogens is 4. The molecule has 1 saturated carbocycles. The lowest BCUT2D eigenvalue weighted by molar-refractivity contribution is 0.0594. The second-order valence-corrected chi connectivity index (χ2v) is 9.51. The van der Waals surface area contributed by atoms with Gasteiger partial charge in [0.1, 0.15) is 17.1 Å². The fourth-order valence-electron chi connectivity index (χ4n) is 4.50. The van der Waals surface area contributed by atoms with Crippen molar-refractivity contribution >= 4 is 5.91 Å². The van der Waals surface area contributed by atoms with Crippen molar-refractivity contribution in [3.63, 3.8) is 0 Å². The van der Waals surface area contributed by atoms with Gasteiger partial charge in [0, 0.05) is 18.5 Å². The number of rotatable bonds is 5. The van der Waals surface area contributed by atoms with Crippen LogP contribution in [0.2, 0.25) is 0 Å². The maximum atomic E-state index is 13.6. The molecule has 8 heteroatoms. The Hall–Kier alpha value is -3.00. The zero-order valence-corrected chi connectivity index (χ0v) is 18.7. The van der Waals surface area contributed by atoms with Crippen LogP contribution in [-0.2, 0) is 5.60 Å². The van der Waals surface area contributed by atoms with Crippen molar-refractivity contribution in [1.82, 2.24) is 24.9 Å². The zero-order valence-electron chi connectivity index (χ0n) is 18.7. The molecule has 2 atom stereocenters. The third-order valence-electron chi connectivity index (χ3n) is 6.46. The van der Waals surface area contributed by atoms with Gasteiger partial charge >= 0.3 is 0 Å². The molecule has 2 aliphatic rings. The Bertz CT molecular complexity index is 1110. The molecule has 0 bridgehead atoms. The molecule has 0 radical (unpaired) electrons. The van der Waals surface area contributed by atoms with Gasteiger partial charge in [-0.3, -0.25) is 4.79 Å². The quantitative estimate of drug-likeness (QED) is 0.655. The van der Waals surface area contributed by atoms with Gasteiger partial charge in [0.25, 0.3) is 5.91 Å². The first-order valence-electron chi connectivity index (χ1n) is 11.3. The molecule has 1 aliphatic heterocycles. The van der Waals surface area contributed by atoms with Crippen molar-refractivity contribution in [2.45, 2.75) is 69.9 Å². The molecule has 32 heavy (non-hydrogen) atoms. The molecular weight excluding hydrogens is 406 g/mol.